The van der Waals surface area contributed by atoms with E-state index in [1.165, 1.54) is 47.9 Å². The minimum atomic E-state index is -1.10. The number of allylic oxidation sites excluding steroid dienone is 6. The van der Waals surface area contributed by atoms with Crippen molar-refractivity contribution in [1.82, 2.24) is 15.6 Å². The minimum Gasteiger partial charge on any atom is -0.504 e. The molecule has 22 unspecified atom stereocenters. The smallest absolute Gasteiger partial charge is 0.161 e. The van der Waals surface area contributed by atoms with E-state index >= 15 is 0 Å². The van der Waals surface area contributed by atoms with Gasteiger partial charge >= 0.3 is 0 Å². The number of nitrogens with two attached hydrogens (primary N) is 1. The molecular weight excluding hydrogens is 1240 g/mol. The van der Waals surface area contributed by atoms with Gasteiger partial charge in [0.1, 0.15) is 11.9 Å². The molecule has 1 aromatic heterocycles. The predicted octanol–water partition coefficient (Wildman–Crippen LogP) is 11.3. The quantitative estimate of drug-likeness (QED) is 0.0321. The van der Waals surface area contributed by atoms with Gasteiger partial charge in [0.25, 0.3) is 0 Å². The number of ether oxygens (including phenoxy) is 2. The first-order chi connectivity index (χ1) is 46.8. The van der Waals surface area contributed by atoms with Crippen LogP contribution in [0.2, 0.25) is 0 Å². The van der Waals surface area contributed by atoms with Crippen molar-refractivity contribution in [3.8, 4) is 23.3 Å². The molecule has 15 heteroatoms. The molecule has 22 atom stereocenters. The van der Waals surface area contributed by atoms with Crippen LogP contribution in [0.25, 0.3) is 0 Å². The van der Waals surface area contributed by atoms with Gasteiger partial charge in [0, 0.05) is 109 Å². The number of nitrogens with one attached hydrogen (secondary N) is 3. The Morgan fingerprint density at radius 1 is 0.844 bits per heavy atom. The van der Waals surface area contributed by atoms with Gasteiger partial charge < -0.3 is 66.6 Å². The van der Waals surface area contributed by atoms with E-state index in [-0.39, 0.29) is 85.1 Å². The SMILES string of the molecule is CCC1Cc2cc(O)c(OC3CC(Cc4ccc[nH]4)C4=CCNC(N)=C4CSSCC(CO)C3O)cc2C2CC(O)C3C(C#CC45CC(c6ccccc6)C6Cc7ccccc7CC7C8CCCCC8C=CC7C6(C=C(CCC(CNC)OC)C4C(O)CCC3O)C5CO)C=C12. The monoisotopic (exact) mass is 1340 g/mol. The molecule has 2 aliphatic heterocycles. The second-order valence-corrected chi connectivity index (χ2v) is 33.0. The van der Waals surface area contributed by atoms with Crippen LogP contribution in [-0.2, 0) is 30.4 Å². The standard InChI is InChI=1S/C81H104N4O9S2/c1-4-47-31-54-36-71(90)73(94-74-37-55(32-57-18-12-29-84-57)60-27-30-85-79(82)66(60)46-96-95-45-56(43-86)78(74)92)39-62(54)63-38-72(91)76-52(34-61(47)63)26-28-80-41-65(48-13-6-5-7-14-48)68-35-51-17-9-8-16-50(51)33-64-59-19-11-10-15-49(59)21-23-67(64)81(68,75(80)44-87)40-53(20-22-58(93-3)42-83-2)77(80)70(89)25-24-69(76)88/h5-9,12-14,16-18,21,23,27,29,34,36,39-40,47,49,52,55-56,58-59,63-65,67-70,72,74-78,83-92H,4,10-11,15,19-20,22,24-25,30-33,35,37-38,41-46,82H2,1-3H3. The van der Waals surface area contributed by atoms with Crippen LogP contribution in [0.15, 0.2) is 144 Å². The summed E-state index contributed by atoms with van der Waals surface area (Å²) in [6.45, 7) is 3.10. The molecule has 3 heterocycles. The Labute approximate surface area is 577 Å². The first-order valence-electron chi connectivity index (χ1n) is 36.5. The molecule has 4 aromatic rings. The van der Waals surface area contributed by atoms with Crippen LogP contribution in [0.3, 0.4) is 0 Å². The Kier molecular flexibility index (Phi) is 20.6. The highest BCUT2D eigenvalue weighted by Crippen LogP contribution is 2.73. The van der Waals surface area contributed by atoms with E-state index in [1.807, 2.05) is 31.4 Å². The van der Waals surface area contributed by atoms with Crippen LogP contribution in [0.1, 0.15) is 129 Å². The zero-order chi connectivity index (χ0) is 66.4. The van der Waals surface area contributed by atoms with Crippen molar-refractivity contribution >= 4 is 21.6 Å². The number of likely N-dealkylation sites (N-methyl/N-ethyl adjacent to an activating group) is 1. The van der Waals surface area contributed by atoms with E-state index in [1.54, 1.807) is 28.7 Å². The highest BCUT2D eigenvalue weighted by molar-refractivity contribution is 8.76. The summed E-state index contributed by atoms with van der Waals surface area (Å²) in [5, 5.41) is 95.3. The molecule has 13 nitrogen and oxygen atoms in total. The van der Waals surface area contributed by atoms with Crippen molar-refractivity contribution in [3.05, 3.63) is 177 Å². The van der Waals surface area contributed by atoms with Crippen LogP contribution in [-0.4, -0.2) is 129 Å². The van der Waals surface area contributed by atoms with Crippen LogP contribution < -0.4 is 21.1 Å². The summed E-state index contributed by atoms with van der Waals surface area (Å²) in [7, 11) is 7.02. The summed E-state index contributed by atoms with van der Waals surface area (Å²) in [4.78, 5) is 3.40. The van der Waals surface area contributed by atoms with Gasteiger partial charge in [-0.1, -0.05) is 149 Å². The molecule has 3 aromatic carbocycles. The zero-order valence-corrected chi connectivity index (χ0v) is 58.0. The van der Waals surface area contributed by atoms with Crippen molar-refractivity contribution < 1.29 is 45.2 Å². The lowest BCUT2D eigenvalue weighted by atomic mass is 9.35. The third kappa shape index (κ3) is 12.6. The van der Waals surface area contributed by atoms with Crippen molar-refractivity contribution in [3.63, 3.8) is 0 Å². The Bertz CT molecular complexity index is 3620. The van der Waals surface area contributed by atoms with Crippen LogP contribution in [0.4, 0.5) is 0 Å². The Hall–Kier alpha value is -5.22. The lowest BCUT2D eigenvalue weighted by Crippen LogP contribution is -2.66. The average Bonchev–Trinajstić information content (AvgIpc) is 0.705. The van der Waals surface area contributed by atoms with Crippen molar-refractivity contribution in [2.45, 2.75) is 158 Å². The molecule has 8 aliphatic carbocycles. The van der Waals surface area contributed by atoms with Gasteiger partial charge in [-0.25, -0.2) is 0 Å². The number of dihydropyridines is 1. The number of H-pyrrole nitrogens is 1. The molecule has 514 valence electrons. The van der Waals surface area contributed by atoms with Gasteiger partial charge in [-0.2, -0.15) is 0 Å². The summed E-state index contributed by atoms with van der Waals surface area (Å²) in [6.07, 6.45) is 21.3. The van der Waals surface area contributed by atoms with Crippen molar-refractivity contribution in [2.24, 2.45) is 87.6 Å². The molecule has 2 saturated carbocycles. The van der Waals surface area contributed by atoms with Gasteiger partial charge in [-0.05, 0) is 202 Å². The van der Waals surface area contributed by atoms with Gasteiger partial charge in [0.15, 0.2) is 11.5 Å². The number of phenolic OH excluding ortho intramolecular Hbond substituents is 1. The number of hydrogen-bond acceptors (Lipinski definition) is 14. The number of benzene rings is 3. The summed E-state index contributed by atoms with van der Waals surface area (Å²) < 4.78 is 13.3. The number of fused-ring (bicyclic) bond motifs is 9. The second-order valence-electron chi connectivity index (χ2n) is 30.5. The summed E-state index contributed by atoms with van der Waals surface area (Å²) in [5.74, 6) is 8.62. The molecule has 0 radical (unpaired) electrons. The molecule has 10 aliphatic rings. The minimum absolute atomic E-state index is 0.00378. The molecule has 0 amide bonds. The third-order valence-electron chi connectivity index (χ3n) is 25.8. The van der Waals surface area contributed by atoms with Crippen molar-refractivity contribution in [1.29, 1.82) is 0 Å². The predicted molar refractivity (Wildman–Crippen MR) is 383 cm³/mol. The van der Waals surface area contributed by atoms with Crippen LogP contribution in [0.5, 0.6) is 11.5 Å². The molecule has 12 N–H and O–H groups in total. The third-order valence-corrected chi connectivity index (χ3v) is 28.2. The maximum absolute atomic E-state index is 13.6. The summed E-state index contributed by atoms with van der Waals surface area (Å²) >= 11 is 0. The number of hydrogen-bond donors (Lipinski definition) is 11. The highest BCUT2D eigenvalue weighted by atomic mass is 33.1. The number of aliphatic hydroxyl groups excluding tert-OH is 6. The van der Waals surface area contributed by atoms with E-state index in [4.69, 9.17) is 15.2 Å². The number of rotatable bonds is 14. The Morgan fingerprint density at radius 3 is 2.42 bits per heavy atom. The van der Waals surface area contributed by atoms with Crippen molar-refractivity contribution in [2.75, 3.05) is 52.0 Å². The molecule has 1 saturated heterocycles. The Balaban J connectivity index is 0.914. The van der Waals surface area contributed by atoms with E-state index < -0.39 is 65.0 Å². The normalized spacial score (nSPS) is 37.5. The molecule has 3 fully saturated rings. The van der Waals surface area contributed by atoms with Gasteiger partial charge in [0.05, 0.1) is 30.5 Å². The lowest BCUT2D eigenvalue weighted by molar-refractivity contribution is -0.147. The fraction of sp³-hybridized carbons (Fsp3) is 0.580. The highest BCUT2D eigenvalue weighted by Gasteiger charge is 2.69. The van der Waals surface area contributed by atoms with Crippen LogP contribution >= 0.6 is 21.6 Å². The van der Waals surface area contributed by atoms with E-state index in [9.17, 15) is 35.7 Å². The average molecular weight is 1340 g/mol. The topological polar surface area (TPSA) is 226 Å². The van der Waals surface area contributed by atoms with Crippen LogP contribution in [0, 0.1) is 93.7 Å². The van der Waals surface area contributed by atoms with Gasteiger partial charge in [0.2, 0.25) is 0 Å². The number of phenols is 1. The number of methoxy groups -OCH3 is 1. The van der Waals surface area contributed by atoms with Gasteiger partial charge in [-0.15, -0.1) is 0 Å². The van der Waals surface area contributed by atoms with E-state index in [0.29, 0.717) is 86.7 Å². The first kappa shape index (κ1) is 67.9. The molecule has 96 heavy (non-hydrogen) atoms. The maximum Gasteiger partial charge on any atom is 0.161 e. The van der Waals surface area contributed by atoms with E-state index in [0.717, 1.165) is 59.2 Å². The number of aliphatic hydroxyl groups is 6. The summed E-state index contributed by atoms with van der Waals surface area (Å²) in [6, 6.07) is 28.2. The molecule has 2 spiro atoms. The molecule has 2 bridgehead atoms. The fourth-order valence-electron chi connectivity index (χ4n) is 21.3. The fourth-order valence-corrected chi connectivity index (χ4v) is 23.8. The summed E-state index contributed by atoms with van der Waals surface area (Å²) in [5.41, 5.74) is 16.7. The van der Waals surface area contributed by atoms with Gasteiger partial charge in [-0.3, -0.25) is 0 Å². The largest absolute Gasteiger partial charge is 0.504 e. The second kappa shape index (κ2) is 29.2. The zero-order valence-electron chi connectivity index (χ0n) is 56.4. The number of aromatic amines is 1. The number of aromatic nitrogens is 1. The van der Waals surface area contributed by atoms with E-state index in [2.05, 4.69) is 125 Å². The lowest BCUT2D eigenvalue weighted by Gasteiger charge is -2.68. The first-order valence-corrected chi connectivity index (χ1v) is 39.0. The molecule has 14 rings (SSSR count). The maximum atomic E-state index is 13.6. The number of aromatic hydroxyl groups is 1. The molecular formula is C81H104N4O9S2. The Morgan fingerprint density at radius 2 is 1.65 bits per heavy atom.